The summed E-state index contributed by atoms with van der Waals surface area (Å²) in [5.41, 5.74) is 0.351. The molecular formula is C13H24N2O2. The predicted octanol–water partition coefficient (Wildman–Crippen LogP) is 1.06. The SMILES string of the molecule is CCOCCC1(CNC(=O)C2CCCN2)CC1. The fourth-order valence-corrected chi connectivity index (χ4v) is 2.43. The Bertz CT molecular complexity index is 258. The number of hydrogen-bond acceptors (Lipinski definition) is 3. The van der Waals surface area contributed by atoms with Crippen LogP contribution in [0, 0.1) is 5.41 Å². The van der Waals surface area contributed by atoms with Crippen LogP contribution in [0.15, 0.2) is 0 Å². The number of ether oxygens (including phenoxy) is 1. The molecule has 0 radical (unpaired) electrons. The highest BCUT2D eigenvalue weighted by molar-refractivity contribution is 5.82. The van der Waals surface area contributed by atoms with Crippen molar-refractivity contribution in [1.29, 1.82) is 0 Å². The van der Waals surface area contributed by atoms with Crippen molar-refractivity contribution in [2.24, 2.45) is 5.41 Å². The number of rotatable bonds is 7. The normalized spacial score (nSPS) is 25.8. The fraction of sp³-hybridized carbons (Fsp3) is 0.923. The van der Waals surface area contributed by atoms with Crippen molar-refractivity contribution in [2.75, 3.05) is 26.3 Å². The lowest BCUT2D eigenvalue weighted by Gasteiger charge is -2.18. The predicted molar refractivity (Wildman–Crippen MR) is 66.8 cm³/mol. The zero-order valence-electron chi connectivity index (χ0n) is 10.8. The molecule has 1 amide bonds. The molecule has 0 bridgehead atoms. The molecule has 0 aromatic heterocycles. The van der Waals surface area contributed by atoms with Crippen molar-refractivity contribution in [3.63, 3.8) is 0 Å². The van der Waals surface area contributed by atoms with Crippen LogP contribution in [0.4, 0.5) is 0 Å². The molecular weight excluding hydrogens is 216 g/mol. The van der Waals surface area contributed by atoms with Crippen LogP contribution < -0.4 is 10.6 Å². The van der Waals surface area contributed by atoms with Crippen molar-refractivity contribution in [3.05, 3.63) is 0 Å². The van der Waals surface area contributed by atoms with Gasteiger partial charge in [0.05, 0.1) is 6.04 Å². The molecule has 17 heavy (non-hydrogen) atoms. The van der Waals surface area contributed by atoms with Gasteiger partial charge in [-0.25, -0.2) is 0 Å². The third kappa shape index (κ3) is 3.68. The highest BCUT2D eigenvalue weighted by Crippen LogP contribution is 2.48. The minimum atomic E-state index is 0.0534. The molecule has 1 aliphatic heterocycles. The van der Waals surface area contributed by atoms with Gasteiger partial charge in [0.25, 0.3) is 0 Å². The van der Waals surface area contributed by atoms with Gasteiger partial charge in [-0.3, -0.25) is 4.79 Å². The summed E-state index contributed by atoms with van der Waals surface area (Å²) in [6, 6.07) is 0.0534. The van der Waals surface area contributed by atoms with E-state index in [1.54, 1.807) is 0 Å². The molecule has 0 aromatic rings. The minimum absolute atomic E-state index is 0.0534. The van der Waals surface area contributed by atoms with E-state index in [0.29, 0.717) is 5.41 Å². The first kappa shape index (κ1) is 12.8. The molecule has 98 valence electrons. The van der Waals surface area contributed by atoms with Crippen LogP contribution in [0.25, 0.3) is 0 Å². The lowest BCUT2D eigenvalue weighted by atomic mass is 10.0. The molecule has 1 saturated carbocycles. The summed E-state index contributed by atoms with van der Waals surface area (Å²) in [5.74, 6) is 0.185. The summed E-state index contributed by atoms with van der Waals surface area (Å²) < 4.78 is 5.39. The van der Waals surface area contributed by atoms with Gasteiger partial charge in [-0.2, -0.15) is 0 Å². The summed E-state index contributed by atoms with van der Waals surface area (Å²) in [4.78, 5) is 11.8. The fourth-order valence-electron chi connectivity index (χ4n) is 2.43. The molecule has 1 saturated heterocycles. The number of hydrogen-bond donors (Lipinski definition) is 2. The van der Waals surface area contributed by atoms with E-state index >= 15 is 0 Å². The zero-order valence-corrected chi connectivity index (χ0v) is 10.8. The standard InChI is InChI=1S/C13H24N2O2/c1-2-17-9-7-13(5-6-13)10-15-12(16)11-4-3-8-14-11/h11,14H,2-10H2,1H3,(H,15,16). The highest BCUT2D eigenvalue weighted by Gasteiger charge is 2.42. The van der Waals surface area contributed by atoms with E-state index < -0.39 is 0 Å². The van der Waals surface area contributed by atoms with Crippen LogP contribution in [-0.4, -0.2) is 38.3 Å². The van der Waals surface area contributed by atoms with Gasteiger partial charge in [0, 0.05) is 19.8 Å². The molecule has 2 aliphatic rings. The monoisotopic (exact) mass is 240 g/mol. The minimum Gasteiger partial charge on any atom is -0.382 e. The molecule has 1 heterocycles. The van der Waals surface area contributed by atoms with Crippen molar-refractivity contribution in [3.8, 4) is 0 Å². The zero-order chi connectivity index (χ0) is 12.1. The van der Waals surface area contributed by atoms with Gasteiger partial charge in [0.1, 0.15) is 0 Å². The van der Waals surface area contributed by atoms with Crippen molar-refractivity contribution in [1.82, 2.24) is 10.6 Å². The van der Waals surface area contributed by atoms with Crippen molar-refractivity contribution < 1.29 is 9.53 Å². The number of carbonyl (C=O) groups is 1. The van der Waals surface area contributed by atoms with E-state index in [2.05, 4.69) is 10.6 Å². The second-order valence-electron chi connectivity index (χ2n) is 5.31. The Morgan fingerprint density at radius 3 is 2.94 bits per heavy atom. The van der Waals surface area contributed by atoms with E-state index in [9.17, 15) is 4.79 Å². The third-order valence-corrected chi connectivity index (χ3v) is 3.95. The van der Waals surface area contributed by atoms with Crippen molar-refractivity contribution >= 4 is 5.91 Å². The molecule has 2 N–H and O–H groups in total. The lowest BCUT2D eigenvalue weighted by Crippen LogP contribution is -2.42. The first-order valence-corrected chi connectivity index (χ1v) is 6.85. The Morgan fingerprint density at radius 1 is 1.53 bits per heavy atom. The molecule has 2 fully saturated rings. The maximum atomic E-state index is 11.8. The number of carbonyl (C=O) groups excluding carboxylic acids is 1. The van der Waals surface area contributed by atoms with E-state index in [4.69, 9.17) is 4.74 Å². The second-order valence-corrected chi connectivity index (χ2v) is 5.31. The molecule has 1 atom stereocenters. The van der Waals surface area contributed by atoms with Crippen molar-refractivity contribution in [2.45, 2.75) is 45.1 Å². The van der Waals surface area contributed by atoms with Gasteiger partial charge in [-0.15, -0.1) is 0 Å². The highest BCUT2D eigenvalue weighted by atomic mass is 16.5. The van der Waals surface area contributed by atoms with Crippen LogP contribution in [0.5, 0.6) is 0 Å². The summed E-state index contributed by atoms with van der Waals surface area (Å²) in [5, 5.41) is 6.33. The maximum Gasteiger partial charge on any atom is 0.237 e. The molecule has 0 aromatic carbocycles. The summed E-state index contributed by atoms with van der Waals surface area (Å²) >= 11 is 0. The van der Waals surface area contributed by atoms with Crippen LogP contribution in [0.1, 0.15) is 39.0 Å². The van der Waals surface area contributed by atoms with Gasteiger partial charge in [0.2, 0.25) is 5.91 Å². The average molecular weight is 240 g/mol. The van der Waals surface area contributed by atoms with Gasteiger partial charge in [-0.1, -0.05) is 0 Å². The van der Waals surface area contributed by atoms with Crippen LogP contribution in [0.2, 0.25) is 0 Å². The molecule has 4 nitrogen and oxygen atoms in total. The Labute approximate surface area is 103 Å². The van der Waals surface area contributed by atoms with E-state index in [1.165, 1.54) is 12.8 Å². The molecule has 1 unspecified atom stereocenters. The lowest BCUT2D eigenvalue weighted by molar-refractivity contribution is -0.123. The second kappa shape index (κ2) is 5.83. The van der Waals surface area contributed by atoms with Gasteiger partial charge in [-0.05, 0) is 51.0 Å². The quantitative estimate of drug-likeness (QED) is 0.654. The van der Waals surface area contributed by atoms with E-state index in [-0.39, 0.29) is 11.9 Å². The topological polar surface area (TPSA) is 50.4 Å². The summed E-state index contributed by atoms with van der Waals surface area (Å²) in [6.45, 7) is 5.44. The number of amides is 1. The van der Waals surface area contributed by atoms with E-state index in [0.717, 1.165) is 45.6 Å². The third-order valence-electron chi connectivity index (χ3n) is 3.95. The Balaban J connectivity index is 1.65. The molecule has 1 aliphatic carbocycles. The van der Waals surface area contributed by atoms with Crippen LogP contribution in [0.3, 0.4) is 0 Å². The molecule has 2 rings (SSSR count). The van der Waals surface area contributed by atoms with Gasteiger partial charge >= 0.3 is 0 Å². The smallest absolute Gasteiger partial charge is 0.237 e. The molecule has 4 heteroatoms. The Kier molecular flexibility index (Phi) is 4.40. The Hall–Kier alpha value is -0.610. The van der Waals surface area contributed by atoms with E-state index in [1.807, 2.05) is 6.92 Å². The summed E-state index contributed by atoms with van der Waals surface area (Å²) in [6.07, 6.45) is 5.65. The van der Waals surface area contributed by atoms with Gasteiger partial charge in [0.15, 0.2) is 0 Å². The average Bonchev–Trinajstić information content (AvgIpc) is 2.90. The Morgan fingerprint density at radius 2 is 2.35 bits per heavy atom. The first-order chi connectivity index (χ1) is 8.26. The van der Waals surface area contributed by atoms with Gasteiger partial charge < -0.3 is 15.4 Å². The first-order valence-electron chi connectivity index (χ1n) is 6.85. The largest absolute Gasteiger partial charge is 0.382 e. The maximum absolute atomic E-state index is 11.8. The number of nitrogens with one attached hydrogen (secondary N) is 2. The van der Waals surface area contributed by atoms with Crippen LogP contribution >= 0.6 is 0 Å². The van der Waals surface area contributed by atoms with Crippen LogP contribution in [-0.2, 0) is 9.53 Å². The summed E-state index contributed by atoms with van der Waals surface area (Å²) in [7, 11) is 0. The molecule has 0 spiro atoms.